The summed E-state index contributed by atoms with van der Waals surface area (Å²) in [5, 5.41) is 2.55. The van der Waals surface area contributed by atoms with Crippen molar-refractivity contribution < 1.29 is 4.79 Å². The van der Waals surface area contributed by atoms with Crippen LogP contribution in [-0.4, -0.2) is 5.78 Å². The fraction of sp³-hybridized carbons (Fsp3) is 0.389. The fourth-order valence-electron chi connectivity index (χ4n) is 3.14. The van der Waals surface area contributed by atoms with Gasteiger partial charge in [-0.15, -0.1) is 0 Å². The van der Waals surface area contributed by atoms with Crippen LogP contribution in [0, 0.1) is 0 Å². The molecular formula is C18H20O. The molecule has 1 fully saturated rings. The highest BCUT2D eigenvalue weighted by molar-refractivity contribution is 5.90. The molecule has 1 aliphatic carbocycles. The molecule has 0 aromatic heterocycles. The fourth-order valence-corrected chi connectivity index (χ4v) is 3.14. The highest BCUT2D eigenvalue weighted by Gasteiger charge is 2.25. The van der Waals surface area contributed by atoms with Crippen molar-refractivity contribution in [1.82, 2.24) is 0 Å². The van der Waals surface area contributed by atoms with Gasteiger partial charge in [0.25, 0.3) is 0 Å². The average Bonchev–Trinajstić information content (AvgIpc) is 2.84. The summed E-state index contributed by atoms with van der Waals surface area (Å²) < 4.78 is 0. The van der Waals surface area contributed by atoms with Crippen LogP contribution in [0.25, 0.3) is 10.8 Å². The largest absolute Gasteiger partial charge is 0.299 e. The van der Waals surface area contributed by atoms with Crippen LogP contribution in [0.15, 0.2) is 36.4 Å². The van der Waals surface area contributed by atoms with Gasteiger partial charge >= 0.3 is 0 Å². The second kappa shape index (κ2) is 5.16. The summed E-state index contributed by atoms with van der Waals surface area (Å²) in [4.78, 5) is 11.9. The first-order chi connectivity index (χ1) is 9.28. The Bertz CT molecular complexity index is 612. The molecule has 1 aliphatic rings. The van der Waals surface area contributed by atoms with E-state index in [0.29, 0.717) is 5.78 Å². The molecule has 0 aliphatic heterocycles. The van der Waals surface area contributed by atoms with Crippen molar-refractivity contribution >= 4 is 16.6 Å². The summed E-state index contributed by atoms with van der Waals surface area (Å²) in [5.41, 5.74) is 2.61. The van der Waals surface area contributed by atoms with E-state index >= 15 is 0 Å². The molecule has 19 heavy (non-hydrogen) atoms. The number of ketones is 1. The molecule has 0 bridgehead atoms. The highest BCUT2D eigenvalue weighted by Crippen LogP contribution is 2.32. The van der Waals surface area contributed by atoms with E-state index in [0.717, 1.165) is 25.7 Å². The molecule has 2 aromatic carbocycles. The third kappa shape index (κ3) is 2.42. The van der Waals surface area contributed by atoms with Crippen LogP contribution in [-0.2, 0) is 11.2 Å². The van der Waals surface area contributed by atoms with E-state index in [4.69, 9.17) is 0 Å². The summed E-state index contributed by atoms with van der Waals surface area (Å²) in [6.45, 7) is 2.21. The molecular weight excluding hydrogens is 232 g/mol. The zero-order valence-corrected chi connectivity index (χ0v) is 11.5. The molecule has 0 radical (unpaired) electrons. The van der Waals surface area contributed by atoms with Gasteiger partial charge in [0.15, 0.2) is 0 Å². The van der Waals surface area contributed by atoms with Gasteiger partial charge in [-0.25, -0.2) is 0 Å². The Kier molecular flexibility index (Phi) is 3.37. The maximum atomic E-state index is 11.9. The van der Waals surface area contributed by atoms with E-state index in [1.165, 1.54) is 28.3 Å². The molecule has 1 unspecified atom stereocenters. The van der Waals surface area contributed by atoms with Crippen LogP contribution in [0.1, 0.15) is 49.7 Å². The van der Waals surface area contributed by atoms with Gasteiger partial charge < -0.3 is 0 Å². The third-order valence-corrected chi connectivity index (χ3v) is 4.17. The smallest absolute Gasteiger partial charge is 0.140 e. The van der Waals surface area contributed by atoms with Crippen LogP contribution in [0.4, 0.5) is 0 Å². The topological polar surface area (TPSA) is 17.1 Å². The summed E-state index contributed by atoms with van der Waals surface area (Å²) >= 11 is 0. The number of carbonyl (C=O) groups is 1. The minimum absolute atomic E-state index is 0.152. The van der Waals surface area contributed by atoms with Gasteiger partial charge in [-0.3, -0.25) is 4.79 Å². The Balaban J connectivity index is 2.00. The van der Waals surface area contributed by atoms with Crippen molar-refractivity contribution in [2.75, 3.05) is 0 Å². The third-order valence-electron chi connectivity index (χ3n) is 4.17. The van der Waals surface area contributed by atoms with Gasteiger partial charge in [-0.2, -0.15) is 0 Å². The summed E-state index contributed by atoms with van der Waals surface area (Å²) in [7, 11) is 0. The molecule has 1 nitrogen and oxygen atoms in total. The lowest BCUT2D eigenvalue weighted by Gasteiger charge is -2.10. The first kappa shape index (κ1) is 12.4. The Morgan fingerprint density at radius 1 is 1.11 bits per heavy atom. The standard InChI is InChI=1S/C18H20O/c1-2-4-13-7-8-14-9-10-15(12-16(14)11-13)17-5-3-6-18(17)19/h7-12,17H,2-6H2,1H3. The molecule has 0 amide bonds. The molecule has 1 saturated carbocycles. The van der Waals surface area contributed by atoms with Crippen molar-refractivity contribution in [3.05, 3.63) is 47.5 Å². The lowest BCUT2D eigenvalue weighted by molar-refractivity contribution is -0.118. The predicted molar refractivity (Wildman–Crippen MR) is 79.5 cm³/mol. The molecule has 1 heteroatoms. The number of rotatable bonds is 3. The van der Waals surface area contributed by atoms with Crippen LogP contribution >= 0.6 is 0 Å². The molecule has 2 aromatic rings. The van der Waals surface area contributed by atoms with E-state index in [2.05, 4.69) is 43.3 Å². The summed E-state index contributed by atoms with van der Waals surface area (Å²) in [5.74, 6) is 0.572. The van der Waals surface area contributed by atoms with Gasteiger partial charge in [0.2, 0.25) is 0 Å². The first-order valence-corrected chi connectivity index (χ1v) is 7.33. The molecule has 98 valence electrons. The molecule has 3 rings (SSSR count). The molecule has 0 saturated heterocycles. The van der Waals surface area contributed by atoms with E-state index in [-0.39, 0.29) is 5.92 Å². The zero-order valence-electron chi connectivity index (χ0n) is 11.5. The van der Waals surface area contributed by atoms with Crippen molar-refractivity contribution in [2.45, 2.75) is 44.9 Å². The number of Topliss-reactive ketones (excluding diaryl/α,β-unsaturated/α-hetero) is 1. The SMILES string of the molecule is CCCc1ccc2ccc(C3CCCC3=O)cc2c1. The summed E-state index contributed by atoms with van der Waals surface area (Å²) in [6.07, 6.45) is 5.14. The maximum Gasteiger partial charge on any atom is 0.140 e. The van der Waals surface area contributed by atoms with Gasteiger partial charge in [0.05, 0.1) is 0 Å². The Morgan fingerprint density at radius 3 is 2.68 bits per heavy atom. The van der Waals surface area contributed by atoms with Crippen molar-refractivity contribution in [3.8, 4) is 0 Å². The normalized spacial score (nSPS) is 19.2. The number of hydrogen-bond donors (Lipinski definition) is 0. The van der Waals surface area contributed by atoms with Crippen LogP contribution in [0.5, 0.6) is 0 Å². The van der Waals surface area contributed by atoms with Crippen LogP contribution < -0.4 is 0 Å². The number of fused-ring (bicyclic) bond motifs is 1. The van der Waals surface area contributed by atoms with E-state index in [1.54, 1.807) is 0 Å². The van der Waals surface area contributed by atoms with Gasteiger partial charge in [0.1, 0.15) is 5.78 Å². The predicted octanol–water partition coefficient (Wildman–Crippen LogP) is 4.63. The highest BCUT2D eigenvalue weighted by atomic mass is 16.1. The molecule has 0 spiro atoms. The second-order valence-electron chi connectivity index (χ2n) is 5.60. The van der Waals surface area contributed by atoms with Crippen molar-refractivity contribution in [2.24, 2.45) is 0 Å². The Hall–Kier alpha value is -1.63. The van der Waals surface area contributed by atoms with E-state index in [9.17, 15) is 4.79 Å². The average molecular weight is 252 g/mol. The van der Waals surface area contributed by atoms with Crippen LogP contribution in [0.2, 0.25) is 0 Å². The van der Waals surface area contributed by atoms with Crippen LogP contribution in [0.3, 0.4) is 0 Å². The van der Waals surface area contributed by atoms with Gasteiger partial charge in [-0.05, 0) is 41.2 Å². The zero-order chi connectivity index (χ0) is 13.2. The lowest BCUT2D eigenvalue weighted by Crippen LogP contribution is -2.03. The Labute approximate surface area is 114 Å². The van der Waals surface area contributed by atoms with Gasteiger partial charge in [-0.1, -0.05) is 49.7 Å². The lowest BCUT2D eigenvalue weighted by atomic mass is 9.93. The number of carbonyl (C=O) groups excluding carboxylic acids is 1. The summed E-state index contributed by atoms with van der Waals surface area (Å²) in [6, 6.07) is 13.2. The van der Waals surface area contributed by atoms with E-state index < -0.39 is 0 Å². The number of benzene rings is 2. The quantitative estimate of drug-likeness (QED) is 0.778. The minimum Gasteiger partial charge on any atom is -0.299 e. The molecule has 0 N–H and O–H groups in total. The minimum atomic E-state index is 0.152. The van der Waals surface area contributed by atoms with E-state index in [1.807, 2.05) is 0 Å². The van der Waals surface area contributed by atoms with Gasteiger partial charge in [0, 0.05) is 12.3 Å². The number of hydrogen-bond acceptors (Lipinski definition) is 1. The van der Waals surface area contributed by atoms with Crippen molar-refractivity contribution in [3.63, 3.8) is 0 Å². The number of aryl methyl sites for hydroxylation is 1. The monoisotopic (exact) mass is 252 g/mol. The maximum absolute atomic E-state index is 11.9. The Morgan fingerprint density at radius 2 is 1.95 bits per heavy atom. The first-order valence-electron chi connectivity index (χ1n) is 7.33. The molecule has 1 atom stereocenters. The van der Waals surface area contributed by atoms with Crippen molar-refractivity contribution in [1.29, 1.82) is 0 Å². The molecule has 0 heterocycles. The second-order valence-corrected chi connectivity index (χ2v) is 5.60.